The van der Waals surface area contributed by atoms with Gasteiger partial charge in [0.1, 0.15) is 0 Å². The number of ether oxygens (including phenoxy) is 3. The van der Waals surface area contributed by atoms with Gasteiger partial charge in [-0.2, -0.15) is 50.6 Å². The molecule has 0 atom stereocenters. The summed E-state index contributed by atoms with van der Waals surface area (Å²) in [4.78, 5) is 0. The Morgan fingerprint density at radius 1 is 0.696 bits per heavy atom. The zero-order chi connectivity index (χ0) is 15.0. The first-order valence-electron chi connectivity index (χ1n) is 9.41. The molecule has 7 heteroatoms. The van der Waals surface area contributed by atoms with Crippen molar-refractivity contribution in [2.24, 2.45) is 0 Å². The van der Waals surface area contributed by atoms with Crippen molar-refractivity contribution in [1.82, 2.24) is 0 Å². The average molecular weight is 342 g/mol. The fraction of sp³-hybridized carbons (Fsp3) is 1.00. The SMILES string of the molecule is CC[B-]1(CCOCC[B-]2(CC)CCOCC2)CCOCC1.[Na+].[Na+]. The normalized spacial score (nSPS) is 22.7. The predicted molar refractivity (Wildman–Crippen MR) is 93.8 cm³/mol. The molecule has 2 heterocycles. The van der Waals surface area contributed by atoms with Crippen molar-refractivity contribution in [2.75, 3.05) is 39.6 Å². The summed E-state index contributed by atoms with van der Waals surface area (Å²) >= 11 is 0. The van der Waals surface area contributed by atoms with Crippen LogP contribution >= 0.6 is 0 Å². The molecule has 2 fully saturated rings. The Balaban J connectivity index is 0.00000242. The molecule has 0 saturated carbocycles. The van der Waals surface area contributed by atoms with Crippen LogP contribution in [-0.4, -0.2) is 51.9 Å². The van der Waals surface area contributed by atoms with Gasteiger partial charge in [0.25, 0.3) is 0 Å². The van der Waals surface area contributed by atoms with Crippen LogP contribution in [-0.2, 0) is 14.2 Å². The van der Waals surface area contributed by atoms with Gasteiger partial charge in [-0.1, -0.05) is 13.8 Å². The summed E-state index contributed by atoms with van der Waals surface area (Å²) in [5, 5.41) is 0. The van der Waals surface area contributed by atoms with Crippen LogP contribution in [0.15, 0.2) is 0 Å². The zero-order valence-electron chi connectivity index (χ0n) is 16.3. The summed E-state index contributed by atoms with van der Waals surface area (Å²) in [5.74, 6) is 0. The van der Waals surface area contributed by atoms with Crippen LogP contribution in [0.5, 0.6) is 0 Å². The van der Waals surface area contributed by atoms with Crippen LogP contribution < -0.4 is 59.1 Å². The molecule has 124 valence electrons. The van der Waals surface area contributed by atoms with Gasteiger partial charge in [-0.25, -0.2) is 0 Å². The first-order chi connectivity index (χ1) is 10.2. The van der Waals surface area contributed by atoms with E-state index in [-0.39, 0.29) is 71.4 Å². The van der Waals surface area contributed by atoms with Gasteiger partial charge in [-0.3, -0.25) is 0 Å². The van der Waals surface area contributed by atoms with Gasteiger partial charge in [0.15, 0.2) is 0 Å². The Labute approximate surface area is 188 Å². The van der Waals surface area contributed by atoms with Gasteiger partial charge in [0, 0.05) is 51.9 Å². The van der Waals surface area contributed by atoms with Gasteiger partial charge < -0.3 is 14.2 Å². The van der Waals surface area contributed by atoms with Crippen LogP contribution in [0.3, 0.4) is 0 Å². The van der Waals surface area contributed by atoms with E-state index in [1.165, 1.54) is 50.6 Å². The monoisotopic (exact) mass is 342 g/mol. The number of hydrogen-bond acceptors (Lipinski definition) is 3. The van der Waals surface area contributed by atoms with E-state index in [9.17, 15) is 0 Å². The minimum atomic E-state index is -0.197. The van der Waals surface area contributed by atoms with Crippen molar-refractivity contribution in [1.29, 1.82) is 0 Å². The first kappa shape index (κ1) is 25.0. The van der Waals surface area contributed by atoms with Gasteiger partial charge in [0.05, 0.1) is 0 Å². The molecular formula is C16H34B2Na2O3. The molecule has 0 aliphatic carbocycles. The molecule has 0 amide bonds. The fourth-order valence-electron chi connectivity index (χ4n) is 4.40. The molecule has 2 aliphatic rings. The molecule has 0 N–H and O–H groups in total. The molecule has 0 bridgehead atoms. The molecule has 0 aromatic rings. The maximum atomic E-state index is 6.04. The van der Waals surface area contributed by atoms with E-state index >= 15 is 0 Å². The summed E-state index contributed by atoms with van der Waals surface area (Å²) in [6.07, 6.45) is 9.92. The molecule has 0 unspecified atom stereocenters. The Hall–Kier alpha value is 2.01. The van der Waals surface area contributed by atoms with Crippen LogP contribution in [0.1, 0.15) is 13.8 Å². The zero-order valence-corrected chi connectivity index (χ0v) is 20.3. The van der Waals surface area contributed by atoms with E-state index in [1.807, 2.05) is 0 Å². The minimum Gasteiger partial charge on any atom is -0.388 e. The van der Waals surface area contributed by atoms with Crippen molar-refractivity contribution in [3.8, 4) is 0 Å². The van der Waals surface area contributed by atoms with Crippen LogP contribution in [0.2, 0.25) is 50.6 Å². The standard InChI is InChI=1S/C16H34B2O3.2Na/c1-3-17(5-11-19-12-6-17)9-15-21-16-10-18(4-2)7-13-20-14-8-18;;/h3-16H2,1-2H3;;/q-2;2*+1. The van der Waals surface area contributed by atoms with Crippen LogP contribution in [0.25, 0.3) is 0 Å². The molecular weight excluding hydrogens is 308 g/mol. The van der Waals surface area contributed by atoms with Gasteiger partial charge in [-0.05, 0) is 0 Å². The van der Waals surface area contributed by atoms with Crippen molar-refractivity contribution in [3.63, 3.8) is 0 Å². The minimum absolute atomic E-state index is 0. The third-order valence-corrected chi connectivity index (χ3v) is 6.98. The fourth-order valence-corrected chi connectivity index (χ4v) is 4.40. The second kappa shape index (κ2) is 13.2. The summed E-state index contributed by atoms with van der Waals surface area (Å²) in [5.41, 5.74) is 0. The van der Waals surface area contributed by atoms with Gasteiger partial charge >= 0.3 is 59.1 Å². The first-order valence-corrected chi connectivity index (χ1v) is 9.41. The summed E-state index contributed by atoms with van der Waals surface area (Å²) < 4.78 is 17.1. The molecule has 0 aromatic carbocycles. The number of rotatable bonds is 8. The molecule has 2 aliphatic heterocycles. The predicted octanol–water partition coefficient (Wildman–Crippen LogP) is -1.99. The Morgan fingerprint density at radius 2 is 1.04 bits per heavy atom. The van der Waals surface area contributed by atoms with Crippen molar-refractivity contribution in [2.45, 2.75) is 64.4 Å². The van der Waals surface area contributed by atoms with Gasteiger partial charge in [0.2, 0.25) is 0 Å². The molecule has 3 nitrogen and oxygen atoms in total. The molecule has 0 radical (unpaired) electrons. The van der Waals surface area contributed by atoms with E-state index in [1.54, 1.807) is 0 Å². The Morgan fingerprint density at radius 3 is 1.35 bits per heavy atom. The van der Waals surface area contributed by atoms with Crippen LogP contribution in [0, 0.1) is 0 Å². The summed E-state index contributed by atoms with van der Waals surface area (Å²) in [6.45, 7) is 10.5. The van der Waals surface area contributed by atoms with E-state index in [2.05, 4.69) is 13.8 Å². The average Bonchev–Trinajstić information content (AvgIpc) is 2.56. The maximum Gasteiger partial charge on any atom is 1.00 e. The third kappa shape index (κ3) is 8.05. The van der Waals surface area contributed by atoms with Crippen LogP contribution in [0.4, 0.5) is 0 Å². The van der Waals surface area contributed by atoms with E-state index in [0.717, 1.165) is 39.6 Å². The second-order valence-corrected chi connectivity index (χ2v) is 7.85. The maximum absolute atomic E-state index is 6.04. The summed E-state index contributed by atoms with van der Waals surface area (Å²) in [7, 11) is 0. The van der Waals surface area contributed by atoms with E-state index in [4.69, 9.17) is 14.2 Å². The quantitative estimate of drug-likeness (QED) is 0.378. The van der Waals surface area contributed by atoms with Crippen molar-refractivity contribution < 1.29 is 73.3 Å². The molecule has 23 heavy (non-hydrogen) atoms. The topological polar surface area (TPSA) is 27.7 Å². The Kier molecular flexibility index (Phi) is 14.4. The smallest absolute Gasteiger partial charge is 0.388 e. The van der Waals surface area contributed by atoms with E-state index in [0.29, 0.717) is 0 Å². The number of hydrogen-bond donors (Lipinski definition) is 0. The molecule has 0 spiro atoms. The van der Waals surface area contributed by atoms with Gasteiger partial charge in [-0.15, -0.1) is 0 Å². The van der Waals surface area contributed by atoms with E-state index < -0.39 is 0 Å². The van der Waals surface area contributed by atoms with Crippen molar-refractivity contribution in [3.05, 3.63) is 0 Å². The molecule has 2 rings (SSSR count). The molecule has 0 aromatic heterocycles. The Bertz CT molecular complexity index is 269. The summed E-state index contributed by atoms with van der Waals surface area (Å²) in [6, 6.07) is 0. The molecule has 2 saturated heterocycles. The largest absolute Gasteiger partial charge is 1.00 e. The third-order valence-electron chi connectivity index (χ3n) is 6.98. The second-order valence-electron chi connectivity index (χ2n) is 7.85. The van der Waals surface area contributed by atoms with Crippen molar-refractivity contribution >= 4 is 12.3 Å².